The molecule has 1 aliphatic rings. The van der Waals surface area contributed by atoms with Crippen LogP contribution in [-0.2, 0) is 11.2 Å². The number of amides is 4. The molecule has 0 saturated carbocycles. The standard InChI is InChI=1S/C19H15F4N3O3/c20-14-9-5-4-8-13(14)15(27)24-18(19(21,22)23)16(28)26(17(29)25-18)11-10-12-6-2-1-3-7-12/h1-9H,10-11H2,(H,24,27)(H,25,29). The van der Waals surface area contributed by atoms with E-state index >= 15 is 0 Å². The zero-order chi connectivity index (χ0) is 21.2. The highest BCUT2D eigenvalue weighted by molar-refractivity contribution is 6.10. The number of nitrogens with zero attached hydrogens (tertiary/aromatic N) is 1. The number of rotatable bonds is 5. The third-order valence-corrected chi connectivity index (χ3v) is 4.42. The van der Waals surface area contributed by atoms with Crippen molar-refractivity contribution >= 4 is 17.8 Å². The van der Waals surface area contributed by atoms with E-state index in [1.807, 2.05) is 0 Å². The molecule has 2 aromatic rings. The lowest BCUT2D eigenvalue weighted by molar-refractivity contribution is -0.200. The summed E-state index contributed by atoms with van der Waals surface area (Å²) in [6.45, 7) is -0.331. The van der Waals surface area contributed by atoms with E-state index in [2.05, 4.69) is 0 Å². The van der Waals surface area contributed by atoms with Gasteiger partial charge >= 0.3 is 12.2 Å². The maximum atomic E-state index is 13.8. The molecule has 2 aromatic carbocycles. The molecule has 1 heterocycles. The molecule has 2 N–H and O–H groups in total. The summed E-state index contributed by atoms with van der Waals surface area (Å²) in [7, 11) is 0. The van der Waals surface area contributed by atoms with Gasteiger partial charge in [-0.3, -0.25) is 19.8 Å². The monoisotopic (exact) mass is 409 g/mol. The van der Waals surface area contributed by atoms with Gasteiger partial charge in [-0.25, -0.2) is 9.18 Å². The molecule has 10 heteroatoms. The second-order valence-corrected chi connectivity index (χ2v) is 6.30. The van der Waals surface area contributed by atoms with Crippen LogP contribution >= 0.6 is 0 Å². The van der Waals surface area contributed by atoms with Crippen LogP contribution in [0, 0.1) is 5.82 Å². The summed E-state index contributed by atoms with van der Waals surface area (Å²) in [5.74, 6) is -4.24. The average molecular weight is 409 g/mol. The van der Waals surface area contributed by atoms with Crippen LogP contribution in [0.1, 0.15) is 15.9 Å². The SMILES string of the molecule is O=C(NC1(C(F)(F)F)NC(=O)N(CCc2ccccc2)C1=O)c1ccccc1F. The van der Waals surface area contributed by atoms with E-state index in [1.165, 1.54) is 22.8 Å². The van der Waals surface area contributed by atoms with Crippen LogP contribution in [0.25, 0.3) is 0 Å². The van der Waals surface area contributed by atoms with Gasteiger partial charge in [0.1, 0.15) is 5.82 Å². The quantitative estimate of drug-likeness (QED) is 0.589. The van der Waals surface area contributed by atoms with Gasteiger partial charge in [0.2, 0.25) is 0 Å². The van der Waals surface area contributed by atoms with Crippen molar-refractivity contribution in [1.82, 2.24) is 15.5 Å². The van der Waals surface area contributed by atoms with Crippen molar-refractivity contribution in [2.24, 2.45) is 0 Å². The van der Waals surface area contributed by atoms with Gasteiger partial charge in [0.25, 0.3) is 17.5 Å². The van der Waals surface area contributed by atoms with Crippen LogP contribution in [0.5, 0.6) is 0 Å². The highest BCUT2D eigenvalue weighted by Crippen LogP contribution is 2.34. The molecule has 1 saturated heterocycles. The highest BCUT2D eigenvalue weighted by atomic mass is 19.4. The summed E-state index contributed by atoms with van der Waals surface area (Å²) in [5, 5.41) is 2.99. The number of benzene rings is 2. The Morgan fingerprint density at radius 1 is 1.03 bits per heavy atom. The zero-order valence-corrected chi connectivity index (χ0v) is 14.8. The predicted octanol–water partition coefficient (Wildman–Crippen LogP) is 2.61. The van der Waals surface area contributed by atoms with E-state index in [0.29, 0.717) is 10.5 Å². The summed E-state index contributed by atoms with van der Waals surface area (Å²) in [6, 6.07) is 11.6. The number of nitrogens with one attached hydrogen (secondary N) is 2. The van der Waals surface area contributed by atoms with Gasteiger partial charge in [0.05, 0.1) is 5.56 Å². The van der Waals surface area contributed by atoms with Gasteiger partial charge < -0.3 is 5.32 Å². The third kappa shape index (κ3) is 3.78. The fraction of sp³-hybridized carbons (Fsp3) is 0.211. The van der Waals surface area contributed by atoms with Crippen molar-refractivity contribution in [2.75, 3.05) is 6.54 Å². The molecule has 152 valence electrons. The Bertz CT molecular complexity index is 949. The molecule has 1 aliphatic heterocycles. The van der Waals surface area contributed by atoms with Crippen molar-refractivity contribution in [1.29, 1.82) is 0 Å². The minimum atomic E-state index is -5.36. The lowest BCUT2D eigenvalue weighted by atomic mass is 10.1. The summed E-state index contributed by atoms with van der Waals surface area (Å²) >= 11 is 0. The fourth-order valence-electron chi connectivity index (χ4n) is 2.90. The fourth-order valence-corrected chi connectivity index (χ4v) is 2.90. The van der Waals surface area contributed by atoms with Crippen LogP contribution in [0.4, 0.5) is 22.4 Å². The maximum absolute atomic E-state index is 13.8. The average Bonchev–Trinajstić information content (AvgIpc) is 2.91. The molecule has 1 fully saturated rings. The van der Waals surface area contributed by atoms with Gasteiger partial charge in [-0.15, -0.1) is 0 Å². The summed E-state index contributed by atoms with van der Waals surface area (Å²) < 4.78 is 55.1. The highest BCUT2D eigenvalue weighted by Gasteiger charge is 2.68. The van der Waals surface area contributed by atoms with Crippen molar-refractivity contribution in [3.63, 3.8) is 0 Å². The maximum Gasteiger partial charge on any atom is 0.440 e. The van der Waals surface area contributed by atoms with E-state index in [4.69, 9.17) is 0 Å². The van der Waals surface area contributed by atoms with E-state index in [0.717, 1.165) is 12.1 Å². The van der Waals surface area contributed by atoms with Gasteiger partial charge in [0.15, 0.2) is 0 Å². The Labute approximate surface area is 162 Å². The Morgan fingerprint density at radius 2 is 1.66 bits per heavy atom. The van der Waals surface area contributed by atoms with Crippen LogP contribution in [0.2, 0.25) is 0 Å². The van der Waals surface area contributed by atoms with Gasteiger partial charge in [-0.05, 0) is 24.1 Å². The molecule has 1 atom stereocenters. The molecule has 0 radical (unpaired) electrons. The minimum Gasteiger partial charge on any atom is -0.314 e. The minimum absolute atomic E-state index is 0.120. The molecule has 0 bridgehead atoms. The number of carbonyl (C=O) groups excluding carboxylic acids is 3. The number of imide groups is 1. The van der Waals surface area contributed by atoms with Gasteiger partial charge in [-0.1, -0.05) is 42.5 Å². The molecular formula is C19H15F4N3O3. The Hall–Kier alpha value is -3.43. The van der Waals surface area contributed by atoms with E-state index < -0.39 is 41.1 Å². The topological polar surface area (TPSA) is 78.5 Å². The number of urea groups is 1. The first kappa shape index (κ1) is 20.3. The summed E-state index contributed by atoms with van der Waals surface area (Å²) in [4.78, 5) is 37.3. The van der Waals surface area contributed by atoms with Crippen LogP contribution in [0.15, 0.2) is 54.6 Å². The number of hydrogen-bond acceptors (Lipinski definition) is 3. The number of hydrogen-bond donors (Lipinski definition) is 2. The summed E-state index contributed by atoms with van der Waals surface area (Å²) in [5.41, 5.74) is -3.67. The van der Waals surface area contributed by atoms with E-state index in [-0.39, 0.29) is 13.0 Å². The molecule has 3 rings (SSSR count). The van der Waals surface area contributed by atoms with Gasteiger partial charge in [0, 0.05) is 6.54 Å². The Morgan fingerprint density at radius 3 is 2.28 bits per heavy atom. The van der Waals surface area contributed by atoms with Gasteiger partial charge in [-0.2, -0.15) is 13.2 Å². The number of alkyl halides is 3. The Balaban J connectivity index is 1.86. The van der Waals surface area contributed by atoms with Crippen LogP contribution < -0.4 is 10.6 Å². The van der Waals surface area contributed by atoms with Crippen molar-refractivity contribution < 1.29 is 31.9 Å². The number of halogens is 4. The third-order valence-electron chi connectivity index (χ3n) is 4.42. The van der Waals surface area contributed by atoms with Crippen molar-refractivity contribution in [3.8, 4) is 0 Å². The Kier molecular flexibility index (Phi) is 5.27. The molecule has 0 spiro atoms. The molecule has 0 aromatic heterocycles. The second-order valence-electron chi connectivity index (χ2n) is 6.30. The molecular weight excluding hydrogens is 394 g/mol. The lowest BCUT2D eigenvalue weighted by Gasteiger charge is -2.29. The summed E-state index contributed by atoms with van der Waals surface area (Å²) in [6.07, 6.45) is -5.24. The van der Waals surface area contributed by atoms with E-state index in [9.17, 15) is 31.9 Å². The first-order chi connectivity index (χ1) is 13.7. The largest absolute Gasteiger partial charge is 0.440 e. The first-order valence-electron chi connectivity index (χ1n) is 8.47. The smallest absolute Gasteiger partial charge is 0.314 e. The normalized spacial score (nSPS) is 19.2. The molecule has 29 heavy (non-hydrogen) atoms. The second kappa shape index (κ2) is 7.53. The van der Waals surface area contributed by atoms with Crippen molar-refractivity contribution in [3.05, 3.63) is 71.5 Å². The predicted molar refractivity (Wildman–Crippen MR) is 93.0 cm³/mol. The number of carbonyl (C=O) groups is 3. The first-order valence-corrected chi connectivity index (χ1v) is 8.47. The molecule has 6 nitrogen and oxygen atoms in total. The van der Waals surface area contributed by atoms with E-state index in [1.54, 1.807) is 30.3 Å². The van der Waals surface area contributed by atoms with Crippen molar-refractivity contribution in [2.45, 2.75) is 18.3 Å². The zero-order valence-electron chi connectivity index (χ0n) is 14.8. The molecule has 0 aliphatic carbocycles. The lowest BCUT2D eigenvalue weighted by Crippen LogP contribution is -2.69. The molecule has 4 amide bonds. The van der Waals surface area contributed by atoms with Crippen LogP contribution in [0.3, 0.4) is 0 Å². The van der Waals surface area contributed by atoms with Crippen LogP contribution in [-0.4, -0.2) is 41.1 Å². The molecule has 1 unspecified atom stereocenters.